The summed E-state index contributed by atoms with van der Waals surface area (Å²) < 4.78 is 18.9. The van der Waals surface area contributed by atoms with Crippen molar-refractivity contribution >= 4 is 0 Å². The molecular weight excluding hydrogens is 276 g/mol. The van der Waals surface area contributed by atoms with Gasteiger partial charge in [0.15, 0.2) is 6.23 Å². The molecule has 0 aliphatic carbocycles. The Morgan fingerprint density at radius 2 is 2.29 bits per heavy atom. The monoisotopic (exact) mass is 296 g/mol. The Morgan fingerprint density at radius 3 is 2.90 bits per heavy atom. The second-order valence-electron chi connectivity index (χ2n) is 5.65. The van der Waals surface area contributed by atoms with Gasteiger partial charge in [0.2, 0.25) is 0 Å². The number of aryl methyl sites for hydroxylation is 1. The first kappa shape index (κ1) is 14.5. The van der Waals surface area contributed by atoms with E-state index in [9.17, 15) is 9.59 Å². The number of aromatic amines is 1. The van der Waals surface area contributed by atoms with Crippen molar-refractivity contribution in [3.05, 3.63) is 32.6 Å². The first-order valence-corrected chi connectivity index (χ1v) is 7.16. The third kappa shape index (κ3) is 2.07. The average Bonchev–Trinajstić information content (AvgIpc) is 2.65. The molecule has 3 rings (SSSR count). The fraction of sp³-hybridized carbons (Fsp3) is 0.714. The van der Waals surface area contributed by atoms with Crippen LogP contribution >= 0.6 is 0 Å². The molecule has 4 atom stereocenters. The van der Waals surface area contributed by atoms with Crippen LogP contribution in [-0.4, -0.2) is 41.1 Å². The fourth-order valence-corrected chi connectivity index (χ4v) is 3.36. The summed E-state index contributed by atoms with van der Waals surface area (Å²) in [6.45, 7) is 4.27. The van der Waals surface area contributed by atoms with Crippen LogP contribution in [0.1, 0.15) is 31.6 Å². The van der Waals surface area contributed by atoms with Crippen molar-refractivity contribution in [1.82, 2.24) is 9.55 Å². The number of aromatic nitrogens is 2. The molecule has 7 nitrogen and oxygen atoms in total. The Bertz CT molecular complexity index is 651. The van der Waals surface area contributed by atoms with Crippen molar-refractivity contribution in [1.29, 1.82) is 0 Å². The van der Waals surface area contributed by atoms with Crippen molar-refractivity contribution < 1.29 is 14.2 Å². The molecule has 2 aliphatic rings. The summed E-state index contributed by atoms with van der Waals surface area (Å²) in [5, 5.41) is 0. The molecule has 0 amide bonds. The maximum atomic E-state index is 12.1. The summed E-state index contributed by atoms with van der Waals surface area (Å²) in [5.41, 5.74) is -0.857. The number of nitrogens with zero attached hydrogens (tertiary/aromatic N) is 1. The SMILES string of the molecule is CC[C@@]12CCO[C@@H](C1OC)[C@H](n1cc(C)c(=O)[nH]c1=O)O2. The Labute approximate surface area is 121 Å². The van der Waals surface area contributed by atoms with E-state index >= 15 is 0 Å². The van der Waals surface area contributed by atoms with Crippen LogP contribution in [0.4, 0.5) is 0 Å². The number of methoxy groups -OCH3 is 1. The van der Waals surface area contributed by atoms with E-state index in [1.54, 1.807) is 14.0 Å². The molecular formula is C14H20N2O5. The van der Waals surface area contributed by atoms with Gasteiger partial charge in [0.1, 0.15) is 17.8 Å². The van der Waals surface area contributed by atoms with Gasteiger partial charge in [-0.05, 0) is 13.3 Å². The first-order chi connectivity index (χ1) is 10.0. The van der Waals surface area contributed by atoms with Gasteiger partial charge >= 0.3 is 5.69 Å². The second kappa shape index (κ2) is 5.08. The molecule has 2 bridgehead atoms. The molecule has 1 aromatic heterocycles. The molecule has 2 saturated heterocycles. The molecule has 0 aromatic carbocycles. The minimum absolute atomic E-state index is 0.222. The predicted octanol–water partition coefficient (Wildman–Crippen LogP) is 0.327. The third-order valence-corrected chi connectivity index (χ3v) is 4.56. The van der Waals surface area contributed by atoms with E-state index in [1.165, 1.54) is 10.8 Å². The molecule has 0 radical (unpaired) electrons. The van der Waals surface area contributed by atoms with E-state index in [0.717, 1.165) is 12.8 Å². The molecule has 2 fully saturated rings. The lowest BCUT2D eigenvalue weighted by Crippen LogP contribution is -2.49. The van der Waals surface area contributed by atoms with Gasteiger partial charge < -0.3 is 14.2 Å². The highest BCUT2D eigenvalue weighted by atomic mass is 16.6. The van der Waals surface area contributed by atoms with Crippen LogP contribution in [-0.2, 0) is 14.2 Å². The summed E-state index contributed by atoms with van der Waals surface area (Å²) in [4.78, 5) is 25.9. The van der Waals surface area contributed by atoms with Gasteiger partial charge in [0.25, 0.3) is 5.56 Å². The average molecular weight is 296 g/mol. The number of H-pyrrole nitrogens is 1. The lowest BCUT2D eigenvalue weighted by atomic mass is 9.87. The number of nitrogens with one attached hydrogen (secondary N) is 1. The fourth-order valence-electron chi connectivity index (χ4n) is 3.36. The van der Waals surface area contributed by atoms with E-state index in [4.69, 9.17) is 14.2 Å². The molecule has 1 unspecified atom stereocenters. The molecule has 0 saturated carbocycles. The zero-order chi connectivity index (χ0) is 15.2. The van der Waals surface area contributed by atoms with Crippen molar-refractivity contribution in [2.75, 3.05) is 13.7 Å². The highest BCUT2D eigenvalue weighted by Crippen LogP contribution is 2.46. The maximum Gasteiger partial charge on any atom is 0.330 e. The molecule has 116 valence electrons. The van der Waals surface area contributed by atoms with Crippen LogP contribution < -0.4 is 11.2 Å². The highest BCUT2D eigenvalue weighted by molar-refractivity contribution is 5.08. The first-order valence-electron chi connectivity index (χ1n) is 7.16. The molecule has 7 heteroatoms. The quantitative estimate of drug-likeness (QED) is 0.869. The van der Waals surface area contributed by atoms with Gasteiger partial charge in [-0.3, -0.25) is 14.3 Å². The zero-order valence-electron chi connectivity index (χ0n) is 12.4. The molecule has 0 spiro atoms. The third-order valence-electron chi connectivity index (χ3n) is 4.56. The van der Waals surface area contributed by atoms with E-state index < -0.39 is 17.5 Å². The lowest BCUT2D eigenvalue weighted by Gasteiger charge is -2.36. The van der Waals surface area contributed by atoms with Crippen molar-refractivity contribution in [3.8, 4) is 0 Å². The van der Waals surface area contributed by atoms with Gasteiger partial charge in [-0.2, -0.15) is 0 Å². The summed E-state index contributed by atoms with van der Waals surface area (Å²) in [6.07, 6.45) is 1.87. The standard InChI is InChI=1S/C14H20N2O5/c1-4-14-5-6-20-9(10(14)19-3)12(21-14)16-7-8(2)11(17)15-13(16)18/h7,9-10,12H,4-6H2,1-3H3,(H,15,17,18)/t9-,10?,12+,14+/m0/s1. The number of hydrogen-bond acceptors (Lipinski definition) is 5. The topological polar surface area (TPSA) is 82.5 Å². The normalized spacial score (nSPS) is 35.1. The van der Waals surface area contributed by atoms with Gasteiger partial charge in [-0.1, -0.05) is 6.92 Å². The van der Waals surface area contributed by atoms with E-state index in [-0.39, 0.29) is 17.8 Å². The Hall–Kier alpha value is -1.44. The Morgan fingerprint density at radius 1 is 1.52 bits per heavy atom. The number of ether oxygens (including phenoxy) is 3. The Balaban J connectivity index is 2.07. The minimum Gasteiger partial charge on any atom is -0.376 e. The Kier molecular flexibility index (Phi) is 3.51. The van der Waals surface area contributed by atoms with Crippen LogP contribution in [0.25, 0.3) is 0 Å². The van der Waals surface area contributed by atoms with E-state index in [0.29, 0.717) is 12.2 Å². The van der Waals surface area contributed by atoms with Crippen molar-refractivity contribution in [2.45, 2.75) is 50.7 Å². The molecule has 1 aromatic rings. The summed E-state index contributed by atoms with van der Waals surface area (Å²) in [6, 6.07) is 0. The van der Waals surface area contributed by atoms with Crippen LogP contribution in [0.3, 0.4) is 0 Å². The molecule has 3 heterocycles. The van der Waals surface area contributed by atoms with E-state index in [1.807, 2.05) is 6.92 Å². The number of hydrogen-bond donors (Lipinski definition) is 1. The maximum absolute atomic E-state index is 12.1. The molecule has 1 N–H and O–H groups in total. The summed E-state index contributed by atoms with van der Waals surface area (Å²) >= 11 is 0. The van der Waals surface area contributed by atoms with Gasteiger partial charge in [-0.25, -0.2) is 4.79 Å². The van der Waals surface area contributed by atoms with Crippen molar-refractivity contribution in [2.24, 2.45) is 0 Å². The van der Waals surface area contributed by atoms with Crippen LogP contribution in [0.15, 0.2) is 15.8 Å². The summed E-state index contributed by atoms with van der Waals surface area (Å²) in [7, 11) is 1.63. The number of rotatable bonds is 3. The minimum atomic E-state index is -0.583. The van der Waals surface area contributed by atoms with Crippen LogP contribution in [0.2, 0.25) is 0 Å². The molecule has 21 heavy (non-hydrogen) atoms. The zero-order valence-corrected chi connectivity index (χ0v) is 12.4. The number of fused-ring (bicyclic) bond motifs is 2. The smallest absolute Gasteiger partial charge is 0.330 e. The second-order valence-corrected chi connectivity index (χ2v) is 5.65. The summed E-state index contributed by atoms with van der Waals surface area (Å²) in [5.74, 6) is 0. The van der Waals surface area contributed by atoms with Crippen LogP contribution in [0, 0.1) is 6.92 Å². The largest absolute Gasteiger partial charge is 0.376 e. The highest BCUT2D eigenvalue weighted by Gasteiger charge is 2.58. The predicted molar refractivity (Wildman–Crippen MR) is 74.4 cm³/mol. The van der Waals surface area contributed by atoms with Gasteiger partial charge in [-0.15, -0.1) is 0 Å². The van der Waals surface area contributed by atoms with Gasteiger partial charge in [0.05, 0.1) is 6.61 Å². The van der Waals surface area contributed by atoms with Crippen LogP contribution in [0.5, 0.6) is 0 Å². The van der Waals surface area contributed by atoms with E-state index in [2.05, 4.69) is 4.98 Å². The van der Waals surface area contributed by atoms with Gasteiger partial charge in [0, 0.05) is 25.3 Å². The lowest BCUT2D eigenvalue weighted by molar-refractivity contribution is -0.136. The van der Waals surface area contributed by atoms with Crippen molar-refractivity contribution in [3.63, 3.8) is 0 Å². The molecule has 2 aliphatic heterocycles.